The van der Waals surface area contributed by atoms with E-state index in [1.165, 1.54) is 0 Å². The van der Waals surface area contributed by atoms with Gasteiger partial charge in [-0.25, -0.2) is 9.78 Å². The summed E-state index contributed by atoms with van der Waals surface area (Å²) in [6, 6.07) is 5.54. The van der Waals surface area contributed by atoms with Crippen molar-refractivity contribution in [1.82, 2.24) is 25.2 Å². The minimum atomic E-state index is -0.110. The van der Waals surface area contributed by atoms with Gasteiger partial charge in [0.25, 0.3) is 0 Å². The summed E-state index contributed by atoms with van der Waals surface area (Å²) < 4.78 is 0. The van der Waals surface area contributed by atoms with Gasteiger partial charge < -0.3 is 15.1 Å². The van der Waals surface area contributed by atoms with Crippen molar-refractivity contribution in [3.63, 3.8) is 0 Å². The second-order valence-corrected chi connectivity index (χ2v) is 5.46. The van der Waals surface area contributed by atoms with Crippen LogP contribution >= 0.6 is 0 Å². The number of hydrogen-bond donors (Lipinski definition) is 1. The molecule has 0 aliphatic carbocycles. The van der Waals surface area contributed by atoms with Crippen molar-refractivity contribution in [1.29, 1.82) is 0 Å². The smallest absolute Gasteiger partial charge is 0.318 e. The quantitative estimate of drug-likeness (QED) is 0.929. The van der Waals surface area contributed by atoms with E-state index in [0.717, 1.165) is 24.6 Å². The zero-order valence-corrected chi connectivity index (χ0v) is 13.1. The van der Waals surface area contributed by atoms with Gasteiger partial charge in [-0.15, -0.1) is 0 Å². The Morgan fingerprint density at radius 1 is 1.13 bits per heavy atom. The first-order valence-electron chi connectivity index (χ1n) is 7.71. The van der Waals surface area contributed by atoms with Crippen LogP contribution in [-0.2, 0) is 0 Å². The van der Waals surface area contributed by atoms with Crippen LogP contribution in [0.2, 0.25) is 0 Å². The van der Waals surface area contributed by atoms with Crippen molar-refractivity contribution in [3.05, 3.63) is 48.7 Å². The van der Waals surface area contributed by atoms with Crippen LogP contribution in [0.1, 0.15) is 18.7 Å². The Bertz CT molecular complexity index is 628. The van der Waals surface area contributed by atoms with Gasteiger partial charge in [0.1, 0.15) is 5.82 Å². The topological polar surface area (TPSA) is 74.2 Å². The number of aromatic nitrogens is 3. The molecule has 120 valence electrons. The van der Waals surface area contributed by atoms with Crippen LogP contribution in [0.15, 0.2) is 43.0 Å². The van der Waals surface area contributed by atoms with E-state index in [-0.39, 0.29) is 12.1 Å². The lowest BCUT2D eigenvalue weighted by molar-refractivity contribution is 0.191. The molecule has 2 amide bonds. The number of piperazine rings is 1. The van der Waals surface area contributed by atoms with Gasteiger partial charge in [0.05, 0.1) is 17.9 Å². The third-order valence-electron chi connectivity index (χ3n) is 3.91. The zero-order chi connectivity index (χ0) is 16.1. The molecule has 0 radical (unpaired) electrons. The zero-order valence-electron chi connectivity index (χ0n) is 13.1. The van der Waals surface area contributed by atoms with Crippen molar-refractivity contribution in [3.8, 4) is 0 Å². The van der Waals surface area contributed by atoms with Crippen LogP contribution < -0.4 is 10.2 Å². The lowest BCUT2D eigenvalue weighted by atomic mass is 10.2. The van der Waals surface area contributed by atoms with Gasteiger partial charge >= 0.3 is 6.03 Å². The van der Waals surface area contributed by atoms with Crippen molar-refractivity contribution in [2.75, 3.05) is 31.1 Å². The van der Waals surface area contributed by atoms with Gasteiger partial charge in [-0.1, -0.05) is 6.07 Å². The monoisotopic (exact) mass is 312 g/mol. The van der Waals surface area contributed by atoms with Crippen molar-refractivity contribution < 1.29 is 4.79 Å². The number of carbonyl (C=O) groups excluding carboxylic acids is 1. The summed E-state index contributed by atoms with van der Waals surface area (Å²) in [5.74, 6) is 0.856. The highest BCUT2D eigenvalue weighted by atomic mass is 16.2. The predicted octanol–water partition coefficient (Wildman–Crippen LogP) is 1.46. The Morgan fingerprint density at radius 2 is 1.96 bits per heavy atom. The highest BCUT2D eigenvalue weighted by Crippen LogP contribution is 2.13. The maximum atomic E-state index is 12.4. The number of amides is 2. The molecule has 1 aliphatic heterocycles. The van der Waals surface area contributed by atoms with Crippen LogP contribution in [0, 0.1) is 0 Å². The SMILES string of the molecule is C[C@@H](NC(=O)N1CCN(c2cnccn2)CC1)c1ccccn1. The molecule has 2 aromatic heterocycles. The van der Waals surface area contributed by atoms with Gasteiger partial charge in [-0.3, -0.25) is 9.97 Å². The molecule has 1 aliphatic rings. The molecule has 0 saturated carbocycles. The molecule has 1 fully saturated rings. The van der Waals surface area contributed by atoms with E-state index in [4.69, 9.17) is 0 Å². The Labute approximate surface area is 135 Å². The van der Waals surface area contributed by atoms with E-state index in [0.29, 0.717) is 13.1 Å². The first kappa shape index (κ1) is 15.2. The van der Waals surface area contributed by atoms with E-state index in [2.05, 4.69) is 25.2 Å². The summed E-state index contributed by atoms with van der Waals surface area (Å²) in [4.78, 5) is 29.0. The minimum absolute atomic E-state index is 0.0538. The molecule has 7 heteroatoms. The fourth-order valence-corrected chi connectivity index (χ4v) is 2.58. The summed E-state index contributed by atoms with van der Waals surface area (Å²) in [5.41, 5.74) is 0.860. The first-order valence-corrected chi connectivity index (χ1v) is 7.71. The average Bonchev–Trinajstić information content (AvgIpc) is 2.63. The first-order chi connectivity index (χ1) is 11.2. The van der Waals surface area contributed by atoms with Crippen LogP contribution in [0.5, 0.6) is 0 Å². The number of hydrogen-bond acceptors (Lipinski definition) is 5. The maximum absolute atomic E-state index is 12.4. The highest BCUT2D eigenvalue weighted by molar-refractivity contribution is 5.75. The summed E-state index contributed by atoms with van der Waals surface area (Å²) in [6.45, 7) is 4.78. The van der Waals surface area contributed by atoms with Gasteiger partial charge in [0.2, 0.25) is 0 Å². The molecule has 7 nitrogen and oxygen atoms in total. The molecule has 1 saturated heterocycles. The molecule has 1 atom stereocenters. The van der Waals surface area contributed by atoms with Crippen molar-refractivity contribution in [2.45, 2.75) is 13.0 Å². The molecule has 23 heavy (non-hydrogen) atoms. The van der Waals surface area contributed by atoms with E-state index in [1.54, 1.807) is 24.8 Å². The van der Waals surface area contributed by atoms with Crippen LogP contribution in [0.25, 0.3) is 0 Å². The van der Waals surface area contributed by atoms with E-state index >= 15 is 0 Å². The second kappa shape index (κ2) is 7.04. The summed E-state index contributed by atoms with van der Waals surface area (Å²) in [7, 11) is 0. The molecular weight excluding hydrogens is 292 g/mol. The molecule has 0 unspecified atom stereocenters. The highest BCUT2D eigenvalue weighted by Gasteiger charge is 2.23. The number of carbonyl (C=O) groups is 1. The summed E-state index contributed by atoms with van der Waals surface area (Å²) in [6.07, 6.45) is 6.83. The average molecular weight is 312 g/mol. The molecule has 3 rings (SSSR count). The third-order valence-corrected chi connectivity index (χ3v) is 3.91. The second-order valence-electron chi connectivity index (χ2n) is 5.46. The van der Waals surface area contributed by atoms with E-state index in [1.807, 2.05) is 30.0 Å². The molecule has 1 N–H and O–H groups in total. The van der Waals surface area contributed by atoms with Gasteiger partial charge in [-0.2, -0.15) is 0 Å². The number of anilines is 1. The van der Waals surface area contributed by atoms with E-state index in [9.17, 15) is 4.79 Å². The molecular formula is C16H20N6O. The van der Waals surface area contributed by atoms with E-state index < -0.39 is 0 Å². The van der Waals surface area contributed by atoms with Gasteiger partial charge in [0.15, 0.2) is 0 Å². The number of nitrogens with one attached hydrogen (secondary N) is 1. The van der Waals surface area contributed by atoms with Crippen molar-refractivity contribution >= 4 is 11.8 Å². The number of pyridine rings is 1. The number of rotatable bonds is 3. The summed E-state index contributed by atoms with van der Waals surface area (Å²) >= 11 is 0. The maximum Gasteiger partial charge on any atom is 0.318 e. The largest absolute Gasteiger partial charge is 0.352 e. The Hall–Kier alpha value is -2.70. The Kier molecular flexibility index (Phi) is 4.65. The Balaban J connectivity index is 1.52. The normalized spacial score (nSPS) is 16.0. The molecule has 2 aromatic rings. The third kappa shape index (κ3) is 3.74. The fourth-order valence-electron chi connectivity index (χ4n) is 2.58. The lowest BCUT2D eigenvalue weighted by Crippen LogP contribution is -2.52. The lowest BCUT2D eigenvalue weighted by Gasteiger charge is -2.35. The minimum Gasteiger partial charge on any atom is -0.352 e. The fraction of sp³-hybridized carbons (Fsp3) is 0.375. The molecule has 3 heterocycles. The number of urea groups is 1. The molecule has 0 bridgehead atoms. The number of nitrogens with zero attached hydrogens (tertiary/aromatic N) is 5. The van der Waals surface area contributed by atoms with Gasteiger partial charge in [0, 0.05) is 44.8 Å². The molecule has 0 aromatic carbocycles. The Morgan fingerprint density at radius 3 is 2.61 bits per heavy atom. The standard InChI is InChI=1S/C16H20N6O/c1-13(14-4-2-3-5-18-14)20-16(23)22-10-8-21(9-11-22)15-12-17-6-7-19-15/h2-7,12-13H,8-11H2,1H3,(H,20,23)/t13-/m1/s1. The van der Waals surface area contributed by atoms with Crippen LogP contribution in [0.3, 0.4) is 0 Å². The van der Waals surface area contributed by atoms with Gasteiger partial charge in [-0.05, 0) is 19.1 Å². The predicted molar refractivity (Wildman–Crippen MR) is 87.0 cm³/mol. The summed E-state index contributed by atoms with van der Waals surface area (Å²) in [5, 5.41) is 3.00. The van der Waals surface area contributed by atoms with Crippen LogP contribution in [0.4, 0.5) is 10.6 Å². The van der Waals surface area contributed by atoms with Crippen molar-refractivity contribution in [2.24, 2.45) is 0 Å². The molecule has 0 spiro atoms. The van der Waals surface area contributed by atoms with Crippen LogP contribution in [-0.4, -0.2) is 52.1 Å².